The van der Waals surface area contributed by atoms with Gasteiger partial charge in [-0.25, -0.2) is 0 Å². The number of benzene rings is 1. The van der Waals surface area contributed by atoms with E-state index in [-0.39, 0.29) is 29.7 Å². The number of likely N-dealkylation sites (tertiary alicyclic amines) is 1. The zero-order valence-electron chi connectivity index (χ0n) is 18.2. The van der Waals surface area contributed by atoms with E-state index >= 15 is 0 Å². The van der Waals surface area contributed by atoms with Crippen LogP contribution in [0.25, 0.3) is 0 Å². The summed E-state index contributed by atoms with van der Waals surface area (Å²) in [6.07, 6.45) is 10.0. The summed E-state index contributed by atoms with van der Waals surface area (Å²) in [5.74, 6) is 1.82. The van der Waals surface area contributed by atoms with Crippen molar-refractivity contribution < 1.29 is 14.4 Å². The second-order valence-corrected chi connectivity index (χ2v) is 10.3. The Morgan fingerprint density at radius 1 is 0.903 bits per heavy atom. The SMILES string of the molecule is O=C(CNC(=O)C12CC3CC(CC(C3)C1)C2)Nc1ccccc1C(=O)N1CCCCC1. The van der Waals surface area contributed by atoms with Crippen molar-refractivity contribution in [2.24, 2.45) is 23.2 Å². The second-order valence-electron chi connectivity index (χ2n) is 10.3. The summed E-state index contributed by atoms with van der Waals surface area (Å²) in [5.41, 5.74) is 0.786. The molecule has 6 rings (SSSR count). The third-order valence-corrected chi connectivity index (χ3v) is 8.00. The van der Waals surface area contributed by atoms with Crippen molar-refractivity contribution >= 4 is 23.4 Å². The van der Waals surface area contributed by atoms with Gasteiger partial charge in [0.05, 0.1) is 17.8 Å². The first-order valence-electron chi connectivity index (χ1n) is 12.0. The fourth-order valence-corrected chi connectivity index (χ4v) is 6.98. The Bertz CT molecular complexity index is 839. The van der Waals surface area contributed by atoms with Crippen LogP contribution in [-0.4, -0.2) is 42.3 Å². The van der Waals surface area contributed by atoms with Crippen LogP contribution in [0.4, 0.5) is 5.69 Å². The van der Waals surface area contributed by atoms with E-state index < -0.39 is 0 Å². The Kier molecular flexibility index (Phi) is 5.49. The number of rotatable bonds is 5. The van der Waals surface area contributed by atoms with Crippen molar-refractivity contribution in [2.75, 3.05) is 25.0 Å². The first kappa shape index (κ1) is 20.5. The molecule has 166 valence electrons. The molecule has 1 aromatic carbocycles. The Morgan fingerprint density at radius 2 is 1.52 bits per heavy atom. The number of hydrogen-bond donors (Lipinski definition) is 2. The predicted molar refractivity (Wildman–Crippen MR) is 118 cm³/mol. The van der Waals surface area contributed by atoms with Gasteiger partial charge in [-0.05, 0) is 87.7 Å². The van der Waals surface area contributed by atoms with Crippen LogP contribution in [0.15, 0.2) is 24.3 Å². The highest BCUT2D eigenvalue weighted by Crippen LogP contribution is 2.60. The number of anilines is 1. The summed E-state index contributed by atoms with van der Waals surface area (Å²) in [7, 11) is 0. The minimum Gasteiger partial charge on any atom is -0.347 e. The minimum absolute atomic E-state index is 0.0341. The van der Waals surface area contributed by atoms with Crippen LogP contribution in [-0.2, 0) is 9.59 Å². The van der Waals surface area contributed by atoms with Gasteiger partial charge in [-0.2, -0.15) is 0 Å². The normalized spacial score (nSPS) is 31.4. The second kappa shape index (κ2) is 8.29. The predicted octanol–water partition coefficient (Wildman–Crippen LogP) is 3.58. The number of piperidine rings is 1. The van der Waals surface area contributed by atoms with Gasteiger partial charge in [-0.15, -0.1) is 0 Å². The van der Waals surface area contributed by atoms with E-state index in [4.69, 9.17) is 0 Å². The van der Waals surface area contributed by atoms with Gasteiger partial charge >= 0.3 is 0 Å². The molecular weight excluding hydrogens is 390 g/mol. The molecule has 4 aliphatic carbocycles. The Balaban J connectivity index is 1.20. The third-order valence-electron chi connectivity index (χ3n) is 8.00. The summed E-state index contributed by atoms with van der Waals surface area (Å²) in [6.45, 7) is 1.48. The number of carbonyl (C=O) groups is 3. The molecule has 1 aliphatic heterocycles. The summed E-state index contributed by atoms with van der Waals surface area (Å²) in [4.78, 5) is 40.5. The fraction of sp³-hybridized carbons (Fsp3) is 0.640. The molecule has 5 aliphatic rings. The molecule has 0 unspecified atom stereocenters. The van der Waals surface area contributed by atoms with Crippen molar-refractivity contribution in [2.45, 2.75) is 57.8 Å². The van der Waals surface area contributed by atoms with Crippen LogP contribution < -0.4 is 10.6 Å². The van der Waals surface area contributed by atoms with Crippen molar-refractivity contribution in [1.82, 2.24) is 10.2 Å². The van der Waals surface area contributed by atoms with Gasteiger partial charge in [0.15, 0.2) is 0 Å². The lowest BCUT2D eigenvalue weighted by molar-refractivity contribution is -0.146. The maximum absolute atomic E-state index is 13.1. The van der Waals surface area contributed by atoms with Gasteiger partial charge < -0.3 is 15.5 Å². The van der Waals surface area contributed by atoms with Crippen LogP contribution in [0.3, 0.4) is 0 Å². The highest BCUT2D eigenvalue weighted by Gasteiger charge is 2.54. The van der Waals surface area contributed by atoms with Crippen LogP contribution >= 0.6 is 0 Å². The first-order valence-corrected chi connectivity index (χ1v) is 12.0. The first-order chi connectivity index (χ1) is 15.0. The molecule has 6 nitrogen and oxygen atoms in total. The number of hydrogen-bond acceptors (Lipinski definition) is 3. The zero-order chi connectivity index (χ0) is 21.4. The minimum atomic E-state index is -0.281. The maximum Gasteiger partial charge on any atom is 0.255 e. The van der Waals surface area contributed by atoms with Crippen molar-refractivity contribution in [3.05, 3.63) is 29.8 Å². The number of nitrogens with one attached hydrogen (secondary N) is 2. The fourth-order valence-electron chi connectivity index (χ4n) is 6.98. The van der Waals surface area contributed by atoms with Crippen LogP contribution in [0.2, 0.25) is 0 Å². The topological polar surface area (TPSA) is 78.5 Å². The molecule has 3 amide bonds. The Morgan fingerprint density at radius 3 is 2.16 bits per heavy atom. The number of amides is 3. The van der Waals surface area contributed by atoms with Gasteiger partial charge in [-0.3, -0.25) is 14.4 Å². The number of para-hydroxylation sites is 1. The average Bonchev–Trinajstić information content (AvgIpc) is 2.77. The van der Waals surface area contributed by atoms with E-state index in [0.29, 0.717) is 29.0 Å². The van der Waals surface area contributed by atoms with E-state index in [1.807, 2.05) is 17.0 Å². The highest BCUT2D eigenvalue weighted by atomic mass is 16.2. The molecule has 6 heteroatoms. The van der Waals surface area contributed by atoms with Crippen LogP contribution in [0.1, 0.15) is 68.1 Å². The molecule has 1 aromatic rings. The van der Waals surface area contributed by atoms with Gasteiger partial charge in [0, 0.05) is 18.5 Å². The molecule has 1 heterocycles. The highest BCUT2D eigenvalue weighted by molar-refractivity contribution is 6.04. The summed E-state index contributed by atoms with van der Waals surface area (Å²) < 4.78 is 0. The molecule has 31 heavy (non-hydrogen) atoms. The van der Waals surface area contributed by atoms with E-state index in [9.17, 15) is 14.4 Å². The Labute approximate surface area is 184 Å². The third kappa shape index (κ3) is 4.09. The molecule has 0 spiro atoms. The van der Waals surface area contributed by atoms with Gasteiger partial charge in [0.2, 0.25) is 11.8 Å². The van der Waals surface area contributed by atoms with E-state index in [2.05, 4.69) is 10.6 Å². The van der Waals surface area contributed by atoms with Crippen LogP contribution in [0, 0.1) is 23.2 Å². The van der Waals surface area contributed by atoms with E-state index in [1.165, 1.54) is 19.3 Å². The summed E-state index contributed by atoms with van der Waals surface area (Å²) >= 11 is 0. The molecule has 0 atom stereocenters. The maximum atomic E-state index is 13.1. The monoisotopic (exact) mass is 423 g/mol. The molecule has 0 aromatic heterocycles. The van der Waals surface area contributed by atoms with Crippen molar-refractivity contribution in [3.63, 3.8) is 0 Å². The van der Waals surface area contributed by atoms with Gasteiger partial charge in [-0.1, -0.05) is 12.1 Å². The molecule has 4 bridgehead atoms. The summed E-state index contributed by atoms with van der Waals surface area (Å²) in [6, 6.07) is 7.16. The van der Waals surface area contributed by atoms with Gasteiger partial charge in [0.1, 0.15) is 0 Å². The van der Waals surface area contributed by atoms with Gasteiger partial charge in [0.25, 0.3) is 5.91 Å². The standard InChI is InChI=1S/C25H33N3O3/c29-22(16-26-24(31)25-13-17-10-18(14-25)12-19(11-17)15-25)27-21-7-3-2-6-20(21)23(30)28-8-4-1-5-9-28/h2-3,6-7,17-19H,1,4-5,8-16H2,(H,26,31)(H,27,29). The lowest BCUT2D eigenvalue weighted by atomic mass is 9.49. The molecule has 1 saturated heterocycles. The molecule has 4 saturated carbocycles. The average molecular weight is 424 g/mol. The van der Waals surface area contributed by atoms with Crippen LogP contribution in [0.5, 0.6) is 0 Å². The molecule has 2 N–H and O–H groups in total. The molecular formula is C25H33N3O3. The molecule has 0 radical (unpaired) electrons. The lowest BCUT2D eigenvalue weighted by Crippen LogP contribution is -2.54. The van der Waals surface area contributed by atoms with Crippen molar-refractivity contribution in [1.29, 1.82) is 0 Å². The number of nitrogens with zero attached hydrogens (tertiary/aromatic N) is 1. The van der Waals surface area contributed by atoms with E-state index in [1.54, 1.807) is 12.1 Å². The smallest absolute Gasteiger partial charge is 0.255 e. The number of carbonyl (C=O) groups excluding carboxylic acids is 3. The Hall–Kier alpha value is -2.37. The molecule has 5 fully saturated rings. The van der Waals surface area contributed by atoms with E-state index in [0.717, 1.165) is 51.6 Å². The summed E-state index contributed by atoms with van der Waals surface area (Å²) in [5, 5.41) is 5.78. The quantitative estimate of drug-likeness (QED) is 0.760. The lowest BCUT2D eigenvalue weighted by Gasteiger charge is -2.55. The zero-order valence-corrected chi connectivity index (χ0v) is 18.2. The van der Waals surface area contributed by atoms with Crippen molar-refractivity contribution in [3.8, 4) is 0 Å². The largest absolute Gasteiger partial charge is 0.347 e.